The van der Waals surface area contributed by atoms with E-state index in [1.807, 2.05) is 0 Å². The molecular formula is C18H14INO2. The number of fused-ring (bicyclic) bond motifs is 1. The van der Waals surface area contributed by atoms with Crippen LogP contribution in [0.4, 0.5) is 0 Å². The average molecular weight is 403 g/mol. The van der Waals surface area contributed by atoms with Crippen molar-refractivity contribution in [2.24, 2.45) is 5.92 Å². The highest BCUT2D eigenvalue weighted by Crippen LogP contribution is 2.48. The molecule has 1 aliphatic carbocycles. The van der Waals surface area contributed by atoms with Crippen LogP contribution in [0.1, 0.15) is 38.6 Å². The highest BCUT2D eigenvalue weighted by Gasteiger charge is 2.44. The lowest BCUT2D eigenvalue weighted by Crippen LogP contribution is -2.31. The van der Waals surface area contributed by atoms with Gasteiger partial charge in [0.15, 0.2) is 0 Å². The molecule has 1 saturated carbocycles. The van der Waals surface area contributed by atoms with Gasteiger partial charge in [0.05, 0.1) is 11.1 Å². The molecule has 2 amide bonds. The van der Waals surface area contributed by atoms with Crippen LogP contribution < -0.4 is 0 Å². The van der Waals surface area contributed by atoms with Gasteiger partial charge in [-0.05, 0) is 70.7 Å². The van der Waals surface area contributed by atoms with Gasteiger partial charge in [-0.3, -0.25) is 14.5 Å². The van der Waals surface area contributed by atoms with Crippen LogP contribution in [0.5, 0.6) is 0 Å². The Kier molecular flexibility index (Phi) is 3.29. The predicted molar refractivity (Wildman–Crippen MR) is 91.8 cm³/mol. The van der Waals surface area contributed by atoms with Gasteiger partial charge in [-0.25, -0.2) is 0 Å². The number of carbonyl (C=O) groups is 2. The van der Waals surface area contributed by atoms with E-state index in [1.54, 1.807) is 24.3 Å². The Morgan fingerprint density at radius 2 is 1.55 bits per heavy atom. The van der Waals surface area contributed by atoms with E-state index >= 15 is 0 Å². The minimum Gasteiger partial charge on any atom is -0.274 e. The summed E-state index contributed by atoms with van der Waals surface area (Å²) in [5.74, 6) is 0.575. The molecule has 110 valence electrons. The Hall–Kier alpha value is -1.69. The van der Waals surface area contributed by atoms with Crippen molar-refractivity contribution in [1.29, 1.82) is 0 Å². The molecule has 2 aromatic carbocycles. The van der Waals surface area contributed by atoms with Gasteiger partial charge in [-0.1, -0.05) is 24.3 Å². The molecule has 2 aliphatic rings. The second kappa shape index (κ2) is 5.19. The molecule has 1 heterocycles. The summed E-state index contributed by atoms with van der Waals surface area (Å²) in [5, 5.41) is 0. The maximum absolute atomic E-state index is 12.4. The molecule has 3 nitrogen and oxygen atoms in total. The van der Waals surface area contributed by atoms with Gasteiger partial charge in [0.1, 0.15) is 0 Å². The first-order chi connectivity index (χ1) is 10.6. The summed E-state index contributed by atoms with van der Waals surface area (Å²) in [6, 6.07) is 15.6. The Bertz CT molecular complexity index is 734. The number of halogens is 1. The highest BCUT2D eigenvalue weighted by molar-refractivity contribution is 14.1. The first kappa shape index (κ1) is 13.9. The maximum atomic E-state index is 12.4. The standard InChI is InChI=1S/C18H14INO2/c19-13-7-5-11(6-8-13)16-9-12(16)10-20-17(21)14-3-1-2-4-15(14)18(20)22/h1-8,12,16H,9-10H2. The largest absolute Gasteiger partial charge is 0.274 e. The van der Waals surface area contributed by atoms with Crippen LogP contribution in [-0.2, 0) is 0 Å². The van der Waals surface area contributed by atoms with E-state index in [-0.39, 0.29) is 11.8 Å². The summed E-state index contributed by atoms with van der Waals surface area (Å²) in [6.07, 6.45) is 1.05. The van der Waals surface area contributed by atoms with Crippen LogP contribution in [0, 0.1) is 9.49 Å². The number of nitrogens with zero attached hydrogens (tertiary/aromatic N) is 1. The summed E-state index contributed by atoms with van der Waals surface area (Å²) >= 11 is 2.29. The number of benzene rings is 2. The molecule has 4 heteroatoms. The molecule has 0 saturated heterocycles. The fraction of sp³-hybridized carbons (Fsp3) is 0.222. The van der Waals surface area contributed by atoms with Crippen LogP contribution >= 0.6 is 22.6 Å². The Balaban J connectivity index is 1.49. The molecule has 0 N–H and O–H groups in total. The third kappa shape index (κ3) is 2.26. The quantitative estimate of drug-likeness (QED) is 0.579. The predicted octanol–water partition coefficient (Wildman–Crippen LogP) is 3.69. The SMILES string of the molecule is O=C1c2ccccc2C(=O)N1CC1CC1c1ccc(I)cc1. The zero-order valence-corrected chi connectivity index (χ0v) is 14.0. The van der Waals surface area contributed by atoms with Crippen molar-refractivity contribution in [3.63, 3.8) is 0 Å². The highest BCUT2D eigenvalue weighted by atomic mass is 127. The normalized spacial score (nSPS) is 22.9. The Morgan fingerprint density at radius 3 is 2.14 bits per heavy atom. The molecular weight excluding hydrogens is 389 g/mol. The number of imide groups is 1. The Labute approximate surface area is 142 Å². The molecule has 0 radical (unpaired) electrons. The van der Waals surface area contributed by atoms with E-state index in [2.05, 4.69) is 46.9 Å². The van der Waals surface area contributed by atoms with Crippen molar-refractivity contribution in [3.8, 4) is 0 Å². The second-order valence-electron chi connectivity index (χ2n) is 5.92. The smallest absolute Gasteiger partial charge is 0.261 e. The number of hydrogen-bond donors (Lipinski definition) is 0. The molecule has 0 bridgehead atoms. The van der Waals surface area contributed by atoms with Crippen molar-refractivity contribution >= 4 is 34.4 Å². The van der Waals surface area contributed by atoms with Crippen LogP contribution in [0.3, 0.4) is 0 Å². The molecule has 2 atom stereocenters. The van der Waals surface area contributed by atoms with E-state index in [1.165, 1.54) is 14.0 Å². The van der Waals surface area contributed by atoms with E-state index in [0.29, 0.717) is 29.5 Å². The molecule has 4 rings (SSSR count). The average Bonchev–Trinajstić information content (AvgIpc) is 3.26. The summed E-state index contributed by atoms with van der Waals surface area (Å²) in [6.45, 7) is 0.531. The van der Waals surface area contributed by atoms with Crippen molar-refractivity contribution in [2.75, 3.05) is 6.54 Å². The van der Waals surface area contributed by atoms with Gasteiger partial charge in [-0.15, -0.1) is 0 Å². The number of amides is 2. The van der Waals surface area contributed by atoms with E-state index < -0.39 is 0 Å². The molecule has 2 aromatic rings. The molecule has 1 aliphatic heterocycles. The number of hydrogen-bond acceptors (Lipinski definition) is 2. The van der Waals surface area contributed by atoms with Gasteiger partial charge in [0.2, 0.25) is 0 Å². The van der Waals surface area contributed by atoms with E-state index in [0.717, 1.165) is 6.42 Å². The summed E-state index contributed by atoms with van der Waals surface area (Å²) in [4.78, 5) is 26.1. The van der Waals surface area contributed by atoms with Crippen molar-refractivity contribution < 1.29 is 9.59 Å². The number of carbonyl (C=O) groups excluding carboxylic acids is 2. The minimum absolute atomic E-state index is 0.145. The first-order valence-corrected chi connectivity index (χ1v) is 8.43. The number of rotatable bonds is 3. The van der Waals surface area contributed by atoms with Crippen molar-refractivity contribution in [2.45, 2.75) is 12.3 Å². The zero-order chi connectivity index (χ0) is 15.3. The van der Waals surface area contributed by atoms with Crippen LogP contribution in [0.2, 0.25) is 0 Å². The van der Waals surface area contributed by atoms with Gasteiger partial charge in [-0.2, -0.15) is 0 Å². The van der Waals surface area contributed by atoms with Crippen LogP contribution in [0.25, 0.3) is 0 Å². The summed E-state index contributed by atoms with van der Waals surface area (Å²) in [5.41, 5.74) is 2.39. The zero-order valence-electron chi connectivity index (χ0n) is 11.8. The second-order valence-corrected chi connectivity index (χ2v) is 7.17. The minimum atomic E-state index is -0.145. The molecule has 1 fully saturated rings. The summed E-state index contributed by atoms with van der Waals surface area (Å²) < 4.78 is 1.22. The molecule has 22 heavy (non-hydrogen) atoms. The van der Waals surface area contributed by atoms with Gasteiger partial charge < -0.3 is 0 Å². The topological polar surface area (TPSA) is 37.4 Å². The van der Waals surface area contributed by atoms with E-state index in [9.17, 15) is 9.59 Å². The van der Waals surface area contributed by atoms with Gasteiger partial charge in [0, 0.05) is 10.1 Å². The lowest BCUT2D eigenvalue weighted by Gasteiger charge is -2.13. The van der Waals surface area contributed by atoms with Crippen LogP contribution in [-0.4, -0.2) is 23.3 Å². The summed E-state index contributed by atoms with van der Waals surface area (Å²) in [7, 11) is 0. The molecule has 0 aromatic heterocycles. The fourth-order valence-corrected chi connectivity index (χ4v) is 3.57. The lowest BCUT2D eigenvalue weighted by molar-refractivity contribution is 0.0646. The van der Waals surface area contributed by atoms with Gasteiger partial charge >= 0.3 is 0 Å². The lowest BCUT2D eigenvalue weighted by atomic mass is 10.1. The third-order valence-electron chi connectivity index (χ3n) is 4.52. The van der Waals surface area contributed by atoms with Crippen molar-refractivity contribution in [3.05, 3.63) is 68.8 Å². The maximum Gasteiger partial charge on any atom is 0.261 e. The van der Waals surface area contributed by atoms with Crippen LogP contribution in [0.15, 0.2) is 48.5 Å². The van der Waals surface area contributed by atoms with Gasteiger partial charge in [0.25, 0.3) is 11.8 Å². The monoisotopic (exact) mass is 403 g/mol. The fourth-order valence-electron chi connectivity index (χ4n) is 3.21. The van der Waals surface area contributed by atoms with Crippen molar-refractivity contribution in [1.82, 2.24) is 4.90 Å². The molecule has 2 unspecified atom stereocenters. The van der Waals surface area contributed by atoms with E-state index in [4.69, 9.17) is 0 Å². The Morgan fingerprint density at radius 1 is 0.955 bits per heavy atom. The first-order valence-electron chi connectivity index (χ1n) is 7.36. The molecule has 0 spiro atoms. The third-order valence-corrected chi connectivity index (χ3v) is 5.24.